The first-order valence-electron chi connectivity index (χ1n) is 7.46. The number of Topliss-reactive ketones (excluding diaryl/α,β-unsaturated/α-hetero) is 1. The third-order valence-electron chi connectivity index (χ3n) is 3.68. The number of ketones is 1. The lowest BCUT2D eigenvalue weighted by Gasteiger charge is -2.02. The van der Waals surface area contributed by atoms with Gasteiger partial charge in [-0.2, -0.15) is 13.2 Å². The van der Waals surface area contributed by atoms with Crippen molar-refractivity contribution in [2.45, 2.75) is 6.18 Å². The molecule has 2 N–H and O–H groups in total. The maximum atomic E-state index is 13.0. The fourth-order valence-corrected chi connectivity index (χ4v) is 2.49. The van der Waals surface area contributed by atoms with E-state index in [0.717, 1.165) is 16.7 Å². The Morgan fingerprint density at radius 1 is 1.07 bits per heavy atom. The quantitative estimate of drug-likeness (QED) is 0.324. The topological polar surface area (TPSA) is 103 Å². The Labute approximate surface area is 149 Å². The molecule has 0 aliphatic carbocycles. The number of para-hydroxylation sites is 1. The zero-order valence-electron chi connectivity index (χ0n) is 13.4. The maximum absolute atomic E-state index is 13.0. The van der Waals surface area contributed by atoms with E-state index in [-0.39, 0.29) is 22.8 Å². The third-order valence-corrected chi connectivity index (χ3v) is 3.68. The molecular weight excluding hydrogens is 367 g/mol. The van der Waals surface area contributed by atoms with Crippen molar-refractivity contribution in [3.63, 3.8) is 0 Å². The Hall–Kier alpha value is -3.69. The number of alkyl halides is 3. The number of hydrogen-bond donors (Lipinski definition) is 1. The summed E-state index contributed by atoms with van der Waals surface area (Å²) in [6.45, 7) is 0. The number of nitro benzene ring substituents is 1. The first kappa shape index (κ1) is 18.1. The normalized spacial score (nSPS) is 11.4. The van der Waals surface area contributed by atoms with Gasteiger partial charge in [-0.05, 0) is 12.1 Å². The van der Waals surface area contributed by atoms with Gasteiger partial charge in [0.05, 0.1) is 10.5 Å². The van der Waals surface area contributed by atoms with Crippen LogP contribution in [0.3, 0.4) is 0 Å². The van der Waals surface area contributed by atoms with Crippen LogP contribution in [0.25, 0.3) is 17.1 Å². The summed E-state index contributed by atoms with van der Waals surface area (Å²) in [6.07, 6.45) is -5.17. The molecule has 27 heavy (non-hydrogen) atoms. The van der Waals surface area contributed by atoms with Crippen molar-refractivity contribution in [2.75, 3.05) is 5.73 Å². The first-order chi connectivity index (χ1) is 12.7. The van der Waals surface area contributed by atoms with Crippen molar-refractivity contribution in [2.24, 2.45) is 0 Å². The molecule has 0 saturated carbocycles. The van der Waals surface area contributed by atoms with Gasteiger partial charge in [0, 0.05) is 24.3 Å². The average molecular weight is 378 g/mol. The summed E-state index contributed by atoms with van der Waals surface area (Å²) in [5.41, 5.74) is 4.90. The molecule has 0 amide bonds. The molecule has 3 aromatic rings. The van der Waals surface area contributed by atoms with Crippen molar-refractivity contribution in [1.29, 1.82) is 0 Å². The molecule has 0 aliphatic heterocycles. The molecule has 0 spiro atoms. The van der Waals surface area contributed by atoms with Gasteiger partial charge in [0.25, 0.3) is 11.6 Å². The molecule has 0 unspecified atom stereocenters. The van der Waals surface area contributed by atoms with Crippen LogP contribution in [0.4, 0.5) is 24.7 Å². The van der Waals surface area contributed by atoms with Crippen LogP contribution in [-0.4, -0.2) is 16.9 Å². The Balaban J connectivity index is 2.26. The molecule has 0 radical (unpaired) electrons. The predicted octanol–water partition coefficient (Wildman–Crippen LogP) is 3.46. The van der Waals surface area contributed by atoms with E-state index in [1.807, 2.05) is 0 Å². The molecule has 10 heteroatoms. The Bertz CT molecular complexity index is 1010. The highest BCUT2D eigenvalue weighted by atomic mass is 19.4. The molecule has 0 saturated heterocycles. The SMILES string of the molecule is Nc1oc(-c2ccc([N+](=O)[O-])cc2)[n+](-c2ccccc2)c1C(=O)C(F)(F)F. The Kier molecular flexibility index (Phi) is 4.40. The number of benzene rings is 2. The number of oxazole rings is 1. The van der Waals surface area contributed by atoms with Crippen molar-refractivity contribution in [3.8, 4) is 17.1 Å². The highest BCUT2D eigenvalue weighted by Gasteiger charge is 2.49. The lowest BCUT2D eigenvalue weighted by atomic mass is 10.2. The average Bonchev–Trinajstić information content (AvgIpc) is 2.98. The largest absolute Gasteiger partial charge is 0.461 e. The molecule has 138 valence electrons. The molecule has 0 bridgehead atoms. The fraction of sp³-hybridized carbons (Fsp3) is 0.0588. The van der Waals surface area contributed by atoms with Crippen LogP contribution >= 0.6 is 0 Å². The lowest BCUT2D eigenvalue weighted by Crippen LogP contribution is -2.41. The Morgan fingerprint density at radius 3 is 2.19 bits per heavy atom. The fourth-order valence-electron chi connectivity index (χ4n) is 2.49. The van der Waals surface area contributed by atoms with Gasteiger partial charge in [0.1, 0.15) is 0 Å². The van der Waals surface area contributed by atoms with E-state index >= 15 is 0 Å². The number of nitro groups is 1. The number of nitrogens with zero attached hydrogens (tertiary/aromatic N) is 2. The number of carbonyl (C=O) groups is 1. The van der Waals surface area contributed by atoms with Crippen LogP contribution in [0, 0.1) is 10.1 Å². The number of hydrogen-bond acceptors (Lipinski definition) is 5. The first-order valence-corrected chi connectivity index (χ1v) is 7.46. The number of non-ortho nitro benzene ring substituents is 1. The van der Waals surface area contributed by atoms with Crippen LogP contribution in [-0.2, 0) is 0 Å². The summed E-state index contributed by atoms with van der Waals surface area (Å²) in [5, 5.41) is 10.8. The predicted molar refractivity (Wildman–Crippen MR) is 87.1 cm³/mol. The minimum Gasteiger partial charge on any atom is -0.380 e. The van der Waals surface area contributed by atoms with E-state index in [4.69, 9.17) is 10.2 Å². The number of aromatic nitrogens is 1. The second kappa shape index (κ2) is 6.56. The molecule has 7 nitrogen and oxygen atoms in total. The van der Waals surface area contributed by atoms with Crippen molar-refractivity contribution < 1.29 is 31.9 Å². The van der Waals surface area contributed by atoms with Crippen LogP contribution in [0.15, 0.2) is 59.0 Å². The maximum Gasteiger partial charge on any atom is 0.461 e. The van der Waals surface area contributed by atoms with Gasteiger partial charge in [-0.3, -0.25) is 14.9 Å². The van der Waals surface area contributed by atoms with Gasteiger partial charge in [-0.25, -0.2) is 0 Å². The van der Waals surface area contributed by atoms with E-state index in [1.165, 1.54) is 24.3 Å². The molecular formula is C17H11F3N3O4+. The molecule has 1 heterocycles. The van der Waals surface area contributed by atoms with Crippen molar-refractivity contribution in [1.82, 2.24) is 0 Å². The molecule has 0 fully saturated rings. The lowest BCUT2D eigenvalue weighted by molar-refractivity contribution is -0.589. The standard InChI is InChI=1S/C17H10F3N3O4/c18-17(19,20)14(24)13-15(21)27-16(22(13)11-4-2-1-3-5-11)10-6-8-12(9-7-10)23(25)26/h1-9H,(H-,21,24)/p+1. The minimum atomic E-state index is -5.17. The Morgan fingerprint density at radius 2 is 1.67 bits per heavy atom. The van der Waals surface area contributed by atoms with Crippen molar-refractivity contribution >= 4 is 17.4 Å². The van der Waals surface area contributed by atoms with E-state index in [1.54, 1.807) is 18.2 Å². The van der Waals surface area contributed by atoms with Gasteiger partial charge >= 0.3 is 23.5 Å². The number of halogens is 3. The summed E-state index contributed by atoms with van der Waals surface area (Å²) in [7, 11) is 0. The number of nitrogen functional groups attached to an aromatic ring is 1. The summed E-state index contributed by atoms with van der Waals surface area (Å²) >= 11 is 0. The third kappa shape index (κ3) is 3.36. The number of anilines is 1. The van der Waals surface area contributed by atoms with Gasteiger partial charge in [0.15, 0.2) is 0 Å². The zero-order chi connectivity index (χ0) is 19.8. The van der Waals surface area contributed by atoms with E-state index < -0.39 is 28.5 Å². The zero-order valence-corrected chi connectivity index (χ0v) is 13.4. The van der Waals surface area contributed by atoms with Crippen LogP contribution in [0.2, 0.25) is 0 Å². The van der Waals surface area contributed by atoms with E-state index in [0.29, 0.717) is 0 Å². The summed E-state index contributed by atoms with van der Waals surface area (Å²) < 4.78 is 45.3. The van der Waals surface area contributed by atoms with Gasteiger partial charge in [-0.15, -0.1) is 4.57 Å². The van der Waals surface area contributed by atoms with Gasteiger partial charge in [-0.1, -0.05) is 18.2 Å². The molecule has 1 aromatic heterocycles. The number of nitrogens with two attached hydrogens (primary N) is 1. The van der Waals surface area contributed by atoms with Crippen LogP contribution in [0.5, 0.6) is 0 Å². The minimum absolute atomic E-state index is 0.166. The van der Waals surface area contributed by atoms with Crippen LogP contribution in [0.1, 0.15) is 10.5 Å². The van der Waals surface area contributed by atoms with E-state index in [2.05, 4.69) is 0 Å². The van der Waals surface area contributed by atoms with Gasteiger partial charge < -0.3 is 10.2 Å². The molecule has 0 atom stereocenters. The smallest absolute Gasteiger partial charge is 0.380 e. The number of rotatable bonds is 4. The number of carbonyl (C=O) groups excluding carboxylic acids is 1. The summed E-state index contributed by atoms with van der Waals surface area (Å²) in [6, 6.07) is 12.6. The summed E-state index contributed by atoms with van der Waals surface area (Å²) in [4.78, 5) is 22.1. The van der Waals surface area contributed by atoms with E-state index in [9.17, 15) is 28.1 Å². The van der Waals surface area contributed by atoms with Gasteiger partial charge in [0.2, 0.25) is 5.69 Å². The molecule has 2 aromatic carbocycles. The molecule has 0 aliphatic rings. The highest BCUT2D eigenvalue weighted by molar-refractivity contribution is 6.00. The second-order valence-electron chi connectivity index (χ2n) is 5.42. The highest BCUT2D eigenvalue weighted by Crippen LogP contribution is 2.30. The summed E-state index contributed by atoms with van der Waals surface area (Å²) in [5.74, 6) is -3.04. The monoisotopic (exact) mass is 378 g/mol. The second-order valence-corrected chi connectivity index (χ2v) is 5.42. The van der Waals surface area contributed by atoms with Crippen molar-refractivity contribution in [3.05, 3.63) is 70.4 Å². The molecule has 3 rings (SSSR count). The van der Waals surface area contributed by atoms with Crippen LogP contribution < -0.4 is 10.3 Å².